The molecule has 2 aromatic rings. The van der Waals surface area contributed by atoms with Crippen LogP contribution < -0.4 is 0 Å². The van der Waals surface area contributed by atoms with E-state index in [1.54, 1.807) is 0 Å². The van der Waals surface area contributed by atoms with Crippen LogP contribution in [-0.4, -0.2) is 52.7 Å². The first-order chi connectivity index (χ1) is 11.7. The first kappa shape index (κ1) is 15.9. The molecular weight excluding hydrogens is 306 g/mol. The van der Waals surface area contributed by atoms with Crippen LogP contribution in [0, 0.1) is 6.92 Å². The third-order valence-electron chi connectivity index (χ3n) is 4.89. The van der Waals surface area contributed by atoms with Gasteiger partial charge < -0.3 is 13.9 Å². The van der Waals surface area contributed by atoms with E-state index in [0.29, 0.717) is 6.61 Å². The minimum absolute atomic E-state index is 0.198. The van der Waals surface area contributed by atoms with Gasteiger partial charge in [0.1, 0.15) is 17.1 Å². The van der Waals surface area contributed by atoms with Gasteiger partial charge in [0.05, 0.1) is 32.4 Å². The fourth-order valence-corrected chi connectivity index (χ4v) is 3.77. The zero-order valence-electron chi connectivity index (χ0n) is 14.2. The molecule has 2 saturated heterocycles. The number of nitrogens with zero attached hydrogens (tertiary/aromatic N) is 3. The van der Waals surface area contributed by atoms with Gasteiger partial charge in [0, 0.05) is 25.5 Å². The van der Waals surface area contributed by atoms with Crippen LogP contribution in [0.1, 0.15) is 24.4 Å². The second kappa shape index (κ2) is 6.70. The zero-order valence-corrected chi connectivity index (χ0v) is 14.2. The number of hydrogen-bond donors (Lipinski definition) is 0. The molecule has 2 fully saturated rings. The molecule has 6 nitrogen and oxygen atoms in total. The van der Waals surface area contributed by atoms with Gasteiger partial charge in [0.2, 0.25) is 0 Å². The summed E-state index contributed by atoms with van der Waals surface area (Å²) in [5, 5.41) is 4.29. The van der Waals surface area contributed by atoms with Crippen molar-refractivity contribution in [3.05, 3.63) is 42.1 Å². The molecule has 0 aromatic carbocycles. The highest BCUT2D eigenvalue weighted by atomic mass is 16.6. The third-order valence-corrected chi connectivity index (χ3v) is 4.89. The predicted octanol–water partition coefficient (Wildman–Crippen LogP) is 2.23. The molecule has 0 radical (unpaired) electrons. The Kier molecular flexibility index (Phi) is 4.43. The second-order valence-electron chi connectivity index (χ2n) is 6.97. The van der Waals surface area contributed by atoms with E-state index < -0.39 is 0 Å². The minimum Gasteiger partial charge on any atom is -0.465 e. The molecule has 0 bridgehead atoms. The maximum absolute atomic E-state index is 6.46. The van der Waals surface area contributed by atoms with Gasteiger partial charge in [0.25, 0.3) is 0 Å². The number of aryl methyl sites for hydroxylation is 1. The molecule has 2 atom stereocenters. The van der Waals surface area contributed by atoms with Gasteiger partial charge in [-0.2, -0.15) is 5.10 Å². The second-order valence-corrected chi connectivity index (χ2v) is 6.97. The first-order valence-electron chi connectivity index (χ1n) is 8.71. The lowest BCUT2D eigenvalue weighted by molar-refractivity contribution is -0.0907. The molecule has 24 heavy (non-hydrogen) atoms. The Morgan fingerprint density at radius 3 is 3.12 bits per heavy atom. The summed E-state index contributed by atoms with van der Waals surface area (Å²) >= 11 is 0. The van der Waals surface area contributed by atoms with E-state index in [1.165, 1.54) is 0 Å². The molecule has 2 aliphatic rings. The lowest BCUT2D eigenvalue weighted by Gasteiger charge is -2.31. The van der Waals surface area contributed by atoms with Gasteiger partial charge >= 0.3 is 0 Å². The van der Waals surface area contributed by atoms with E-state index >= 15 is 0 Å². The number of aromatic nitrogens is 2. The molecule has 4 heterocycles. The Morgan fingerprint density at radius 2 is 2.33 bits per heavy atom. The molecule has 130 valence electrons. The Balaban J connectivity index is 1.40. The van der Waals surface area contributed by atoms with Crippen molar-refractivity contribution in [2.24, 2.45) is 0 Å². The molecule has 6 heteroatoms. The lowest BCUT2D eigenvalue weighted by Crippen LogP contribution is -2.44. The van der Waals surface area contributed by atoms with Gasteiger partial charge in [-0.05, 0) is 38.0 Å². The smallest absolute Gasteiger partial charge is 0.118 e. The summed E-state index contributed by atoms with van der Waals surface area (Å²) in [5.41, 5.74) is -0.198. The van der Waals surface area contributed by atoms with Crippen LogP contribution in [-0.2, 0) is 22.6 Å². The van der Waals surface area contributed by atoms with Crippen molar-refractivity contribution in [2.45, 2.75) is 44.6 Å². The monoisotopic (exact) mass is 331 g/mol. The van der Waals surface area contributed by atoms with E-state index in [9.17, 15) is 0 Å². The van der Waals surface area contributed by atoms with E-state index in [4.69, 9.17) is 13.9 Å². The van der Waals surface area contributed by atoms with Crippen molar-refractivity contribution in [2.75, 3.05) is 26.3 Å². The fraction of sp³-hybridized carbons (Fsp3) is 0.611. The van der Waals surface area contributed by atoms with Crippen LogP contribution in [0.25, 0.3) is 0 Å². The van der Waals surface area contributed by atoms with E-state index in [1.807, 2.05) is 36.1 Å². The van der Waals surface area contributed by atoms with Crippen molar-refractivity contribution in [3.63, 3.8) is 0 Å². The average Bonchev–Trinajstić information content (AvgIpc) is 3.25. The minimum atomic E-state index is -0.198. The summed E-state index contributed by atoms with van der Waals surface area (Å²) in [5.74, 6) is 1.97. The Bertz CT molecular complexity index is 654. The van der Waals surface area contributed by atoms with E-state index in [2.05, 4.69) is 16.1 Å². The van der Waals surface area contributed by atoms with Gasteiger partial charge in [-0.15, -0.1) is 0 Å². The highest BCUT2D eigenvalue weighted by Gasteiger charge is 2.43. The normalized spacial score (nSPS) is 28.5. The largest absolute Gasteiger partial charge is 0.465 e. The highest BCUT2D eigenvalue weighted by molar-refractivity contribution is 5.06. The summed E-state index contributed by atoms with van der Waals surface area (Å²) in [6.07, 6.45) is 6.10. The molecule has 0 unspecified atom stereocenters. The third kappa shape index (κ3) is 3.55. The topological polar surface area (TPSA) is 52.7 Å². The average molecular weight is 331 g/mol. The fourth-order valence-electron chi connectivity index (χ4n) is 3.77. The van der Waals surface area contributed by atoms with Crippen LogP contribution in [0.3, 0.4) is 0 Å². The predicted molar refractivity (Wildman–Crippen MR) is 88.6 cm³/mol. The molecular formula is C18H25N3O3. The zero-order chi connectivity index (χ0) is 16.4. The molecule has 2 aliphatic heterocycles. The van der Waals surface area contributed by atoms with Crippen LogP contribution in [0.2, 0.25) is 0 Å². The molecule has 0 amide bonds. The van der Waals surface area contributed by atoms with Gasteiger partial charge in [-0.1, -0.05) is 0 Å². The van der Waals surface area contributed by atoms with Crippen LogP contribution in [0.4, 0.5) is 0 Å². The Labute approximate surface area is 142 Å². The van der Waals surface area contributed by atoms with Crippen molar-refractivity contribution in [1.82, 2.24) is 14.7 Å². The Morgan fingerprint density at radius 1 is 1.38 bits per heavy atom. The van der Waals surface area contributed by atoms with Gasteiger partial charge in [-0.25, -0.2) is 0 Å². The maximum atomic E-state index is 6.46. The van der Waals surface area contributed by atoms with Crippen molar-refractivity contribution >= 4 is 0 Å². The highest BCUT2D eigenvalue weighted by Crippen LogP contribution is 2.34. The van der Waals surface area contributed by atoms with Crippen molar-refractivity contribution in [3.8, 4) is 0 Å². The SMILES string of the molecule is Cc1ccc(CN2CCOC[C@@]3(CC[C@H](Cn4cccn4)O3)C2)o1. The molecule has 0 N–H and O–H groups in total. The van der Waals surface area contributed by atoms with Crippen LogP contribution in [0.15, 0.2) is 35.0 Å². The lowest BCUT2D eigenvalue weighted by atomic mass is 10.00. The van der Waals surface area contributed by atoms with Gasteiger partial charge in [0.15, 0.2) is 0 Å². The van der Waals surface area contributed by atoms with Crippen LogP contribution >= 0.6 is 0 Å². The quantitative estimate of drug-likeness (QED) is 0.860. The number of rotatable bonds is 4. The molecule has 0 aliphatic carbocycles. The summed E-state index contributed by atoms with van der Waals surface area (Å²) < 4.78 is 20.0. The van der Waals surface area contributed by atoms with Crippen LogP contribution in [0.5, 0.6) is 0 Å². The van der Waals surface area contributed by atoms with Crippen molar-refractivity contribution < 1.29 is 13.9 Å². The maximum Gasteiger partial charge on any atom is 0.118 e. The summed E-state index contributed by atoms with van der Waals surface area (Å²) in [7, 11) is 0. The Hall–Kier alpha value is -1.63. The number of furan rings is 1. The molecule has 1 spiro atoms. The standard InChI is InChI=1S/C18H25N3O3/c1-15-3-4-16(23-15)11-20-9-10-22-14-18(13-20)6-5-17(24-18)12-21-8-2-7-19-21/h2-4,7-8,17H,5-6,9-14H2,1H3/t17-,18-/m1/s1. The number of ether oxygens (including phenoxy) is 2. The van der Waals surface area contributed by atoms with Gasteiger partial charge in [-0.3, -0.25) is 9.58 Å². The van der Waals surface area contributed by atoms with Crippen molar-refractivity contribution in [1.29, 1.82) is 0 Å². The summed E-state index contributed by atoms with van der Waals surface area (Å²) in [6, 6.07) is 6.03. The van der Waals surface area contributed by atoms with E-state index in [-0.39, 0.29) is 11.7 Å². The molecule has 0 saturated carbocycles. The first-order valence-corrected chi connectivity index (χ1v) is 8.71. The molecule has 2 aromatic heterocycles. The van der Waals surface area contributed by atoms with E-state index in [0.717, 1.165) is 57.1 Å². The summed E-state index contributed by atoms with van der Waals surface area (Å²) in [6.45, 7) is 6.83. The summed E-state index contributed by atoms with van der Waals surface area (Å²) in [4.78, 5) is 2.39. The molecule has 4 rings (SSSR count). The number of hydrogen-bond acceptors (Lipinski definition) is 5.